The molecule has 1 amide bonds. The number of hydrogen-bond acceptors (Lipinski definition) is 5. The Kier molecular flexibility index (Phi) is 5.87. The molecular weight excluding hydrogens is 400 g/mol. The van der Waals surface area contributed by atoms with Gasteiger partial charge < -0.3 is 5.32 Å². The molecule has 0 atom stereocenters. The average molecular weight is 427 g/mol. The number of carbonyl (C=O) groups is 1. The fraction of sp³-hybridized carbons (Fsp3) is 0.320. The Balaban J connectivity index is 1.28. The predicted octanol–water partition coefficient (Wildman–Crippen LogP) is 5.15. The summed E-state index contributed by atoms with van der Waals surface area (Å²) in [7, 11) is 0. The molecule has 3 aromatic heterocycles. The first-order valence-corrected chi connectivity index (χ1v) is 11.3. The highest BCUT2D eigenvalue weighted by atomic mass is 16.1. The van der Waals surface area contributed by atoms with Crippen molar-refractivity contribution < 1.29 is 4.79 Å². The molecule has 7 nitrogen and oxygen atoms in total. The van der Waals surface area contributed by atoms with Gasteiger partial charge in [0.25, 0.3) is 0 Å². The number of pyridine rings is 1. The van der Waals surface area contributed by atoms with Gasteiger partial charge in [-0.3, -0.25) is 9.78 Å². The quantitative estimate of drug-likeness (QED) is 0.461. The second kappa shape index (κ2) is 9.26. The van der Waals surface area contributed by atoms with Crippen LogP contribution in [0.4, 0.5) is 5.69 Å². The number of anilines is 1. The molecule has 1 saturated carbocycles. The van der Waals surface area contributed by atoms with E-state index < -0.39 is 0 Å². The fourth-order valence-electron chi connectivity index (χ4n) is 4.38. The van der Waals surface area contributed by atoms with E-state index in [4.69, 9.17) is 5.10 Å². The van der Waals surface area contributed by atoms with Crippen molar-refractivity contribution in [3.63, 3.8) is 0 Å². The van der Waals surface area contributed by atoms with Crippen molar-refractivity contribution in [3.8, 4) is 22.6 Å². The molecule has 0 spiro atoms. The molecule has 5 rings (SSSR count). The van der Waals surface area contributed by atoms with Crippen molar-refractivity contribution in [2.24, 2.45) is 5.92 Å². The van der Waals surface area contributed by atoms with Gasteiger partial charge in [-0.2, -0.15) is 9.61 Å². The maximum Gasteiger partial charge on any atom is 0.224 e. The fourth-order valence-corrected chi connectivity index (χ4v) is 4.38. The third-order valence-electron chi connectivity index (χ3n) is 6.17. The minimum Gasteiger partial charge on any atom is -0.326 e. The standard InChI is InChI=1S/C25H26N6O/c32-24(13-6-18-4-2-1-3-5-18)27-21-9-7-19(8-10-21)22-11-12-23-28-29-25(31(23)30-22)20-14-16-26-17-15-20/h7-12,14-18H,1-6,13H2,(H,27,32). The lowest BCUT2D eigenvalue weighted by Crippen LogP contribution is -2.14. The lowest BCUT2D eigenvalue weighted by atomic mass is 9.86. The molecule has 1 aliphatic rings. The van der Waals surface area contributed by atoms with Crippen molar-refractivity contribution in [1.82, 2.24) is 24.8 Å². The van der Waals surface area contributed by atoms with Crippen LogP contribution < -0.4 is 5.32 Å². The number of fused-ring (bicyclic) bond motifs is 1. The Hall–Kier alpha value is -3.61. The molecule has 7 heteroatoms. The monoisotopic (exact) mass is 426 g/mol. The Morgan fingerprint density at radius 1 is 0.906 bits per heavy atom. The number of hydrogen-bond donors (Lipinski definition) is 1. The molecule has 0 radical (unpaired) electrons. The summed E-state index contributed by atoms with van der Waals surface area (Å²) in [5.41, 5.74) is 4.17. The van der Waals surface area contributed by atoms with E-state index in [0.717, 1.165) is 28.9 Å². The van der Waals surface area contributed by atoms with Gasteiger partial charge in [-0.05, 0) is 48.7 Å². The summed E-state index contributed by atoms with van der Waals surface area (Å²) in [6, 6.07) is 15.4. The van der Waals surface area contributed by atoms with Crippen molar-refractivity contribution in [3.05, 3.63) is 60.9 Å². The maximum atomic E-state index is 12.4. The van der Waals surface area contributed by atoms with Crippen LogP contribution in [0, 0.1) is 5.92 Å². The average Bonchev–Trinajstić information content (AvgIpc) is 3.28. The number of benzene rings is 1. The predicted molar refractivity (Wildman–Crippen MR) is 124 cm³/mol. The molecule has 1 aromatic carbocycles. The first-order chi connectivity index (χ1) is 15.8. The van der Waals surface area contributed by atoms with Crippen molar-refractivity contribution >= 4 is 17.2 Å². The van der Waals surface area contributed by atoms with E-state index in [1.165, 1.54) is 32.1 Å². The van der Waals surface area contributed by atoms with E-state index in [2.05, 4.69) is 20.5 Å². The molecule has 1 aliphatic carbocycles. The first kappa shape index (κ1) is 20.3. The SMILES string of the molecule is O=C(CCC1CCCCC1)Nc1ccc(-c2ccc3nnc(-c4ccncc4)n3n2)cc1. The molecule has 0 bridgehead atoms. The Morgan fingerprint density at radius 2 is 1.69 bits per heavy atom. The summed E-state index contributed by atoms with van der Waals surface area (Å²) < 4.78 is 1.74. The number of nitrogens with zero attached hydrogens (tertiary/aromatic N) is 5. The third-order valence-corrected chi connectivity index (χ3v) is 6.17. The van der Waals surface area contributed by atoms with Crippen LogP contribution in [0.15, 0.2) is 60.9 Å². The highest BCUT2D eigenvalue weighted by Gasteiger charge is 2.15. The van der Waals surface area contributed by atoms with E-state index in [0.29, 0.717) is 23.8 Å². The second-order valence-corrected chi connectivity index (χ2v) is 8.42. The summed E-state index contributed by atoms with van der Waals surface area (Å²) in [6.45, 7) is 0. The highest BCUT2D eigenvalue weighted by Crippen LogP contribution is 2.27. The number of carbonyl (C=O) groups excluding carboxylic acids is 1. The third kappa shape index (κ3) is 4.51. The molecule has 32 heavy (non-hydrogen) atoms. The van der Waals surface area contributed by atoms with Crippen LogP contribution in [0.1, 0.15) is 44.9 Å². The van der Waals surface area contributed by atoms with Crippen molar-refractivity contribution in [2.45, 2.75) is 44.9 Å². The van der Waals surface area contributed by atoms with E-state index in [1.807, 2.05) is 48.5 Å². The lowest BCUT2D eigenvalue weighted by molar-refractivity contribution is -0.116. The first-order valence-electron chi connectivity index (χ1n) is 11.3. The lowest BCUT2D eigenvalue weighted by Gasteiger charge is -2.21. The maximum absolute atomic E-state index is 12.4. The minimum atomic E-state index is 0.0920. The van der Waals surface area contributed by atoms with Crippen LogP contribution >= 0.6 is 0 Å². The van der Waals surface area contributed by atoms with Crippen LogP contribution in [0.25, 0.3) is 28.3 Å². The minimum absolute atomic E-state index is 0.0920. The topological polar surface area (TPSA) is 85.1 Å². The zero-order valence-electron chi connectivity index (χ0n) is 17.9. The van der Waals surface area contributed by atoms with E-state index in [9.17, 15) is 4.79 Å². The second-order valence-electron chi connectivity index (χ2n) is 8.42. The summed E-state index contributed by atoms with van der Waals surface area (Å²) in [6.07, 6.45) is 11.6. The Labute approximate surface area is 186 Å². The van der Waals surface area contributed by atoms with Gasteiger partial charge in [-0.1, -0.05) is 44.2 Å². The van der Waals surface area contributed by atoms with Crippen LogP contribution in [-0.2, 0) is 4.79 Å². The van der Waals surface area contributed by atoms with Gasteiger partial charge in [-0.25, -0.2) is 0 Å². The summed E-state index contributed by atoms with van der Waals surface area (Å²) in [5.74, 6) is 1.48. The summed E-state index contributed by atoms with van der Waals surface area (Å²) in [4.78, 5) is 16.4. The smallest absolute Gasteiger partial charge is 0.224 e. The highest BCUT2D eigenvalue weighted by molar-refractivity contribution is 5.90. The molecule has 3 heterocycles. The number of rotatable bonds is 6. The molecule has 162 valence electrons. The van der Waals surface area contributed by atoms with Gasteiger partial charge >= 0.3 is 0 Å². The molecular formula is C25H26N6O. The van der Waals surface area contributed by atoms with Crippen LogP contribution in [0.3, 0.4) is 0 Å². The van der Waals surface area contributed by atoms with Crippen LogP contribution in [-0.4, -0.2) is 30.7 Å². The molecule has 0 saturated heterocycles. The number of aromatic nitrogens is 5. The van der Waals surface area contributed by atoms with E-state index in [-0.39, 0.29) is 5.91 Å². The largest absolute Gasteiger partial charge is 0.326 e. The summed E-state index contributed by atoms with van der Waals surface area (Å²) in [5, 5.41) is 16.2. The van der Waals surface area contributed by atoms with Gasteiger partial charge in [0.05, 0.1) is 5.69 Å². The number of nitrogens with one attached hydrogen (secondary N) is 1. The van der Waals surface area contributed by atoms with Crippen molar-refractivity contribution in [1.29, 1.82) is 0 Å². The molecule has 4 aromatic rings. The molecule has 1 fully saturated rings. The normalized spacial score (nSPS) is 14.5. The molecule has 0 aliphatic heterocycles. The number of amides is 1. The van der Waals surface area contributed by atoms with E-state index >= 15 is 0 Å². The van der Waals surface area contributed by atoms with Gasteiger partial charge in [0, 0.05) is 35.6 Å². The molecule has 0 unspecified atom stereocenters. The molecule has 1 N–H and O–H groups in total. The van der Waals surface area contributed by atoms with Gasteiger partial charge in [0.1, 0.15) is 0 Å². The van der Waals surface area contributed by atoms with Crippen LogP contribution in [0.2, 0.25) is 0 Å². The van der Waals surface area contributed by atoms with Gasteiger partial charge in [0.2, 0.25) is 5.91 Å². The van der Waals surface area contributed by atoms with Gasteiger partial charge in [-0.15, -0.1) is 10.2 Å². The zero-order valence-corrected chi connectivity index (χ0v) is 17.9. The van der Waals surface area contributed by atoms with Gasteiger partial charge in [0.15, 0.2) is 11.5 Å². The Bertz CT molecular complexity index is 1200. The summed E-state index contributed by atoms with van der Waals surface area (Å²) >= 11 is 0. The zero-order chi connectivity index (χ0) is 21.8. The van der Waals surface area contributed by atoms with E-state index in [1.54, 1.807) is 16.9 Å². The Morgan fingerprint density at radius 3 is 2.47 bits per heavy atom. The van der Waals surface area contributed by atoms with Crippen molar-refractivity contribution in [2.75, 3.05) is 5.32 Å². The van der Waals surface area contributed by atoms with Crippen LogP contribution in [0.5, 0.6) is 0 Å².